The number of thiophene rings is 1. The molecule has 1 aliphatic heterocycles. The van der Waals surface area contributed by atoms with Crippen molar-refractivity contribution in [3.8, 4) is 5.75 Å². The maximum atomic E-state index is 12.6. The lowest BCUT2D eigenvalue weighted by Crippen LogP contribution is -2.46. The van der Waals surface area contributed by atoms with Crippen LogP contribution in [-0.2, 0) is 14.3 Å². The van der Waals surface area contributed by atoms with Gasteiger partial charge in [-0.15, -0.1) is 24.5 Å². The molecule has 1 aromatic heterocycles. The Hall–Kier alpha value is -3.54. The third kappa shape index (κ3) is 5.78. The van der Waals surface area contributed by atoms with E-state index in [0.29, 0.717) is 4.88 Å². The van der Waals surface area contributed by atoms with Crippen LogP contribution in [0.1, 0.15) is 28.2 Å². The quantitative estimate of drug-likeness (QED) is 0.599. The zero-order valence-corrected chi connectivity index (χ0v) is 17.3. The van der Waals surface area contributed by atoms with Gasteiger partial charge in [0.05, 0.1) is 29.5 Å². The van der Waals surface area contributed by atoms with Gasteiger partial charge >= 0.3 is 24.3 Å². The fraction of sp³-hybridized carbons (Fsp3) is 0.250. The zero-order valence-electron chi connectivity index (χ0n) is 16.5. The number of benzene rings is 1. The number of amides is 2. The summed E-state index contributed by atoms with van der Waals surface area (Å²) in [6, 6.07) is 6.21. The van der Waals surface area contributed by atoms with Crippen molar-refractivity contribution in [2.75, 3.05) is 13.2 Å². The third-order valence-corrected chi connectivity index (χ3v) is 5.09. The van der Waals surface area contributed by atoms with Crippen LogP contribution in [0.3, 0.4) is 0 Å². The van der Waals surface area contributed by atoms with Crippen molar-refractivity contribution in [1.82, 2.24) is 10.6 Å². The third-order valence-electron chi connectivity index (χ3n) is 4.15. The Labute approximate surface area is 184 Å². The zero-order chi connectivity index (χ0) is 23.3. The van der Waals surface area contributed by atoms with Crippen LogP contribution >= 0.6 is 11.3 Å². The van der Waals surface area contributed by atoms with E-state index in [1.54, 1.807) is 24.4 Å². The minimum atomic E-state index is -4.86. The fourth-order valence-electron chi connectivity index (χ4n) is 2.86. The van der Waals surface area contributed by atoms with Gasteiger partial charge in [-0.05, 0) is 42.6 Å². The largest absolute Gasteiger partial charge is 0.573 e. The number of carbonyl (C=O) groups excluding carboxylic acids is 3. The number of nitrogens with one attached hydrogen (secondary N) is 2. The van der Waals surface area contributed by atoms with Crippen LogP contribution in [-0.4, -0.2) is 37.5 Å². The summed E-state index contributed by atoms with van der Waals surface area (Å²) >= 11 is 1.32. The summed E-state index contributed by atoms with van der Waals surface area (Å²) < 4.78 is 50.8. The lowest BCUT2D eigenvalue weighted by Gasteiger charge is -2.28. The van der Waals surface area contributed by atoms with Gasteiger partial charge < -0.3 is 24.8 Å². The van der Waals surface area contributed by atoms with E-state index in [0.717, 1.165) is 24.3 Å². The van der Waals surface area contributed by atoms with Crippen LogP contribution in [0, 0.1) is 0 Å². The monoisotopic (exact) mass is 470 g/mol. The van der Waals surface area contributed by atoms with E-state index in [1.165, 1.54) is 11.3 Å². The summed E-state index contributed by atoms with van der Waals surface area (Å²) in [5.74, 6) is -2.07. The summed E-state index contributed by atoms with van der Waals surface area (Å²) in [5.41, 5.74) is 0.0690. The molecular weight excluding hydrogens is 453 g/mol. The van der Waals surface area contributed by atoms with E-state index in [9.17, 15) is 27.6 Å². The second-order valence-corrected chi connectivity index (χ2v) is 7.29. The Morgan fingerprint density at radius 1 is 1.09 bits per heavy atom. The maximum Gasteiger partial charge on any atom is 0.573 e. The predicted octanol–water partition coefficient (Wildman–Crippen LogP) is 3.67. The number of rotatable bonds is 7. The molecule has 2 aromatic rings. The van der Waals surface area contributed by atoms with Gasteiger partial charge in [-0.3, -0.25) is 0 Å². The molecule has 0 spiro atoms. The predicted molar refractivity (Wildman–Crippen MR) is 106 cm³/mol. The van der Waals surface area contributed by atoms with Crippen LogP contribution < -0.4 is 15.4 Å². The van der Waals surface area contributed by atoms with Gasteiger partial charge in [-0.2, -0.15) is 0 Å². The normalized spacial score (nSPS) is 16.1. The van der Waals surface area contributed by atoms with Crippen LogP contribution in [0.5, 0.6) is 5.75 Å². The molecule has 0 saturated heterocycles. The number of urea groups is 1. The van der Waals surface area contributed by atoms with Crippen LogP contribution in [0.4, 0.5) is 18.0 Å². The minimum Gasteiger partial charge on any atom is -0.463 e. The summed E-state index contributed by atoms with van der Waals surface area (Å²) in [7, 11) is 0. The highest BCUT2D eigenvalue weighted by Gasteiger charge is 2.35. The average molecular weight is 470 g/mol. The molecule has 170 valence electrons. The Balaban J connectivity index is 1.79. The van der Waals surface area contributed by atoms with Crippen LogP contribution in [0.2, 0.25) is 0 Å². The van der Waals surface area contributed by atoms with E-state index in [4.69, 9.17) is 9.47 Å². The first-order valence-electron chi connectivity index (χ1n) is 9.22. The lowest BCUT2D eigenvalue weighted by atomic mass is 10.0. The number of alkyl halides is 3. The van der Waals surface area contributed by atoms with Crippen molar-refractivity contribution >= 4 is 29.3 Å². The van der Waals surface area contributed by atoms with Gasteiger partial charge in [0.25, 0.3) is 0 Å². The van der Waals surface area contributed by atoms with Crippen LogP contribution in [0.25, 0.3) is 0 Å². The van der Waals surface area contributed by atoms with Crippen molar-refractivity contribution in [1.29, 1.82) is 0 Å². The maximum absolute atomic E-state index is 12.6. The Morgan fingerprint density at radius 3 is 2.41 bits per heavy atom. The van der Waals surface area contributed by atoms with Gasteiger partial charge in [-0.25, -0.2) is 14.4 Å². The minimum absolute atomic E-state index is 0.0379. The van der Waals surface area contributed by atoms with Gasteiger partial charge in [0.2, 0.25) is 0 Å². The molecule has 1 unspecified atom stereocenters. The number of halogens is 3. The molecule has 0 aliphatic carbocycles. The SMILES string of the molecule is CCOC(=O)C1=C(COC(=O)c2ccc(OC(F)(F)F)cc2)NC(=O)NC1c1cccs1. The molecule has 1 atom stereocenters. The molecule has 2 N–H and O–H groups in total. The molecule has 0 saturated carbocycles. The molecule has 2 heterocycles. The van der Waals surface area contributed by atoms with Crippen molar-refractivity contribution in [2.45, 2.75) is 19.3 Å². The van der Waals surface area contributed by atoms with E-state index >= 15 is 0 Å². The van der Waals surface area contributed by atoms with Gasteiger partial charge in [0.1, 0.15) is 12.4 Å². The number of hydrogen-bond acceptors (Lipinski definition) is 7. The van der Waals surface area contributed by atoms with E-state index in [1.807, 2.05) is 0 Å². The molecule has 32 heavy (non-hydrogen) atoms. The second kappa shape index (κ2) is 9.73. The molecule has 0 radical (unpaired) electrons. The first-order valence-corrected chi connectivity index (χ1v) is 10.1. The molecule has 0 bridgehead atoms. The van der Waals surface area contributed by atoms with Gasteiger partial charge in [-0.1, -0.05) is 6.07 Å². The summed E-state index contributed by atoms with van der Waals surface area (Å²) in [5, 5.41) is 6.86. The van der Waals surface area contributed by atoms with Gasteiger partial charge in [0.15, 0.2) is 0 Å². The van der Waals surface area contributed by atoms with Crippen molar-refractivity contribution in [3.63, 3.8) is 0 Å². The molecule has 0 fully saturated rings. The topological polar surface area (TPSA) is 103 Å². The molecule has 8 nitrogen and oxygen atoms in total. The average Bonchev–Trinajstić information content (AvgIpc) is 3.26. The summed E-state index contributed by atoms with van der Waals surface area (Å²) in [6.07, 6.45) is -4.86. The lowest BCUT2D eigenvalue weighted by molar-refractivity contribution is -0.274. The number of carbonyl (C=O) groups is 3. The fourth-order valence-corrected chi connectivity index (χ4v) is 3.65. The van der Waals surface area contributed by atoms with Crippen LogP contribution in [0.15, 0.2) is 53.0 Å². The van der Waals surface area contributed by atoms with Crippen molar-refractivity contribution < 1.29 is 41.8 Å². The standard InChI is InChI=1S/C20H17F3N2O6S/c1-2-29-18(27)15-13(24-19(28)25-16(15)14-4-3-9-32-14)10-30-17(26)11-5-7-12(8-6-11)31-20(21,22)23/h3-9,16H,2,10H2,1H3,(H2,24,25,28). The summed E-state index contributed by atoms with van der Waals surface area (Å²) in [6.45, 7) is 1.25. The number of ether oxygens (including phenoxy) is 3. The molecule has 3 rings (SSSR count). The highest BCUT2D eigenvalue weighted by molar-refractivity contribution is 7.10. The highest BCUT2D eigenvalue weighted by Crippen LogP contribution is 2.31. The van der Waals surface area contributed by atoms with E-state index in [2.05, 4.69) is 15.4 Å². The van der Waals surface area contributed by atoms with Crippen molar-refractivity contribution in [3.05, 3.63) is 63.5 Å². The highest BCUT2D eigenvalue weighted by atomic mass is 32.1. The second-order valence-electron chi connectivity index (χ2n) is 6.31. The Kier molecular flexibility index (Phi) is 7.03. The first-order chi connectivity index (χ1) is 15.2. The Bertz CT molecular complexity index is 1020. The summed E-state index contributed by atoms with van der Waals surface area (Å²) in [4.78, 5) is 37.7. The molecule has 2 amide bonds. The molecular formula is C20H17F3N2O6S. The van der Waals surface area contributed by atoms with Gasteiger partial charge in [0, 0.05) is 4.88 Å². The smallest absolute Gasteiger partial charge is 0.463 e. The first kappa shape index (κ1) is 23.1. The number of esters is 2. The van der Waals surface area contributed by atoms with E-state index in [-0.39, 0.29) is 23.4 Å². The number of hydrogen-bond donors (Lipinski definition) is 2. The molecule has 1 aliphatic rings. The molecule has 1 aromatic carbocycles. The van der Waals surface area contributed by atoms with E-state index < -0.39 is 42.7 Å². The Morgan fingerprint density at radius 2 is 1.81 bits per heavy atom. The van der Waals surface area contributed by atoms with Crippen molar-refractivity contribution in [2.24, 2.45) is 0 Å². The molecule has 12 heteroatoms.